The Bertz CT molecular complexity index is 783. The molecular weight excluding hydrogens is 301 g/mol. The Balaban J connectivity index is 2.31. The average molecular weight is 310 g/mol. The van der Waals surface area contributed by atoms with Gasteiger partial charge in [0.15, 0.2) is 5.82 Å². The fourth-order valence-electron chi connectivity index (χ4n) is 1.85. The van der Waals surface area contributed by atoms with Crippen molar-refractivity contribution in [2.24, 2.45) is 0 Å². The molecule has 6 heteroatoms. The van der Waals surface area contributed by atoms with Gasteiger partial charge in [-0.25, -0.2) is 15.0 Å². The van der Waals surface area contributed by atoms with E-state index in [2.05, 4.69) is 15.0 Å². The van der Waals surface area contributed by atoms with E-state index >= 15 is 0 Å². The van der Waals surface area contributed by atoms with Crippen LogP contribution in [0, 0.1) is 13.8 Å². The van der Waals surface area contributed by atoms with E-state index in [1.165, 1.54) is 0 Å². The highest BCUT2D eigenvalue weighted by molar-refractivity contribution is 7.09. The molecular formula is C13H9Cl2N3S. The lowest BCUT2D eigenvalue weighted by Crippen LogP contribution is -1.94. The molecule has 0 amide bonds. The Morgan fingerprint density at radius 2 is 1.84 bits per heavy atom. The van der Waals surface area contributed by atoms with Crippen molar-refractivity contribution in [1.29, 1.82) is 0 Å². The van der Waals surface area contributed by atoms with Crippen LogP contribution >= 0.6 is 34.5 Å². The second-order valence-electron chi connectivity index (χ2n) is 4.16. The summed E-state index contributed by atoms with van der Waals surface area (Å²) in [5, 5.41) is 4.79. The molecule has 2 aromatic heterocycles. The third-order valence-corrected chi connectivity index (χ3v) is 4.33. The first kappa shape index (κ1) is 12.8. The molecule has 2 heterocycles. The minimum atomic E-state index is 0.422. The molecule has 0 saturated carbocycles. The van der Waals surface area contributed by atoms with Crippen molar-refractivity contribution >= 4 is 45.4 Å². The summed E-state index contributed by atoms with van der Waals surface area (Å²) in [4.78, 5) is 13.2. The van der Waals surface area contributed by atoms with E-state index in [0.717, 1.165) is 27.2 Å². The van der Waals surface area contributed by atoms with Crippen molar-refractivity contribution in [3.8, 4) is 11.5 Å². The maximum atomic E-state index is 6.22. The molecule has 0 atom stereocenters. The minimum Gasteiger partial charge on any atom is -0.238 e. The van der Waals surface area contributed by atoms with E-state index in [9.17, 15) is 0 Å². The Hall–Kier alpha value is -1.23. The molecule has 0 aliphatic carbocycles. The van der Waals surface area contributed by atoms with Gasteiger partial charge in [0.1, 0.15) is 10.8 Å². The summed E-state index contributed by atoms with van der Waals surface area (Å²) in [6.45, 7) is 3.86. The van der Waals surface area contributed by atoms with Crippen molar-refractivity contribution in [2.45, 2.75) is 13.8 Å². The number of hydrogen-bond acceptors (Lipinski definition) is 4. The molecule has 0 fully saturated rings. The zero-order chi connectivity index (χ0) is 13.6. The van der Waals surface area contributed by atoms with Crippen LogP contribution in [-0.2, 0) is 0 Å². The number of rotatable bonds is 1. The van der Waals surface area contributed by atoms with E-state index in [0.29, 0.717) is 16.0 Å². The maximum Gasteiger partial charge on any atom is 0.181 e. The molecule has 0 N–H and O–H groups in total. The Morgan fingerprint density at radius 3 is 2.53 bits per heavy atom. The van der Waals surface area contributed by atoms with E-state index in [-0.39, 0.29) is 0 Å². The lowest BCUT2D eigenvalue weighted by Gasteiger charge is -2.06. The highest BCUT2D eigenvalue weighted by Gasteiger charge is 2.13. The van der Waals surface area contributed by atoms with Crippen LogP contribution < -0.4 is 0 Å². The van der Waals surface area contributed by atoms with Crippen molar-refractivity contribution in [3.05, 3.63) is 38.3 Å². The average Bonchev–Trinajstić information content (AvgIpc) is 2.81. The topological polar surface area (TPSA) is 38.7 Å². The van der Waals surface area contributed by atoms with Crippen molar-refractivity contribution < 1.29 is 0 Å². The third-order valence-electron chi connectivity index (χ3n) is 2.86. The smallest absolute Gasteiger partial charge is 0.181 e. The molecule has 0 unspecified atom stereocenters. The molecule has 0 saturated heterocycles. The van der Waals surface area contributed by atoms with Gasteiger partial charge in [-0.3, -0.25) is 0 Å². The molecule has 0 aliphatic rings. The summed E-state index contributed by atoms with van der Waals surface area (Å²) in [5.74, 6) is 0.534. The largest absolute Gasteiger partial charge is 0.238 e. The van der Waals surface area contributed by atoms with E-state index in [1.54, 1.807) is 17.4 Å². The van der Waals surface area contributed by atoms with Crippen LogP contribution in [-0.4, -0.2) is 15.0 Å². The molecule has 3 nitrogen and oxygen atoms in total. The van der Waals surface area contributed by atoms with Gasteiger partial charge in [-0.15, -0.1) is 11.3 Å². The fraction of sp³-hybridized carbons (Fsp3) is 0.154. The van der Waals surface area contributed by atoms with Crippen LogP contribution in [0.4, 0.5) is 0 Å². The van der Waals surface area contributed by atoms with Crippen LogP contribution in [0.1, 0.15) is 10.6 Å². The van der Waals surface area contributed by atoms with E-state index in [4.69, 9.17) is 23.2 Å². The van der Waals surface area contributed by atoms with Gasteiger partial charge in [-0.2, -0.15) is 0 Å². The lowest BCUT2D eigenvalue weighted by molar-refractivity contribution is 1.17. The number of thiazole rings is 1. The van der Waals surface area contributed by atoms with Crippen LogP contribution in [0.2, 0.25) is 10.2 Å². The SMILES string of the molecule is Cc1nc(-c2nc(Cl)c3ccc(Cl)c(C)c3n2)cs1. The molecule has 0 bridgehead atoms. The summed E-state index contributed by atoms with van der Waals surface area (Å²) in [5.41, 5.74) is 2.41. The quantitative estimate of drug-likeness (QED) is 0.613. The summed E-state index contributed by atoms with van der Waals surface area (Å²) in [7, 11) is 0. The molecule has 3 aromatic rings. The Kier molecular flexibility index (Phi) is 3.17. The number of benzene rings is 1. The predicted molar refractivity (Wildman–Crippen MR) is 80.1 cm³/mol. The van der Waals surface area contributed by atoms with Gasteiger partial charge in [0.2, 0.25) is 0 Å². The number of fused-ring (bicyclic) bond motifs is 1. The molecule has 96 valence electrons. The first-order chi connectivity index (χ1) is 9.06. The van der Waals surface area contributed by atoms with E-state index in [1.807, 2.05) is 25.3 Å². The summed E-state index contributed by atoms with van der Waals surface area (Å²) < 4.78 is 0. The highest BCUT2D eigenvalue weighted by Crippen LogP contribution is 2.30. The molecule has 3 rings (SSSR count). The van der Waals surface area contributed by atoms with Gasteiger partial charge in [0.05, 0.1) is 10.5 Å². The van der Waals surface area contributed by atoms with Gasteiger partial charge >= 0.3 is 0 Å². The predicted octanol–water partition coefficient (Wildman–Crippen LogP) is 4.68. The van der Waals surface area contributed by atoms with Crippen molar-refractivity contribution in [2.75, 3.05) is 0 Å². The van der Waals surface area contributed by atoms with Gasteiger partial charge in [0, 0.05) is 15.8 Å². The van der Waals surface area contributed by atoms with Crippen molar-refractivity contribution in [3.63, 3.8) is 0 Å². The van der Waals surface area contributed by atoms with Crippen molar-refractivity contribution in [1.82, 2.24) is 15.0 Å². The number of nitrogens with zero attached hydrogens (tertiary/aromatic N) is 3. The van der Waals surface area contributed by atoms with Gasteiger partial charge in [-0.05, 0) is 31.5 Å². The number of hydrogen-bond donors (Lipinski definition) is 0. The van der Waals surface area contributed by atoms with Crippen LogP contribution in [0.3, 0.4) is 0 Å². The minimum absolute atomic E-state index is 0.422. The second kappa shape index (κ2) is 4.71. The standard InChI is InChI=1S/C13H9Cl2N3S/c1-6-9(14)4-3-8-11(6)17-13(18-12(8)15)10-5-19-7(2)16-10/h3-5H,1-2H3. The zero-order valence-corrected chi connectivity index (χ0v) is 12.6. The normalized spacial score (nSPS) is 11.2. The molecule has 0 spiro atoms. The van der Waals surface area contributed by atoms with Gasteiger partial charge in [-0.1, -0.05) is 23.2 Å². The monoisotopic (exact) mass is 309 g/mol. The molecule has 0 aliphatic heterocycles. The van der Waals surface area contributed by atoms with Crippen LogP contribution in [0.25, 0.3) is 22.4 Å². The van der Waals surface area contributed by atoms with Crippen LogP contribution in [0.5, 0.6) is 0 Å². The first-order valence-corrected chi connectivity index (χ1v) is 7.24. The van der Waals surface area contributed by atoms with Gasteiger partial charge < -0.3 is 0 Å². The molecule has 19 heavy (non-hydrogen) atoms. The summed E-state index contributed by atoms with van der Waals surface area (Å²) >= 11 is 13.9. The lowest BCUT2D eigenvalue weighted by atomic mass is 10.1. The highest BCUT2D eigenvalue weighted by atomic mass is 35.5. The summed E-state index contributed by atoms with van der Waals surface area (Å²) in [6.07, 6.45) is 0. The Morgan fingerprint density at radius 1 is 1.05 bits per heavy atom. The number of aromatic nitrogens is 3. The zero-order valence-electron chi connectivity index (χ0n) is 10.2. The maximum absolute atomic E-state index is 6.22. The molecule has 1 aromatic carbocycles. The molecule has 0 radical (unpaired) electrons. The second-order valence-corrected chi connectivity index (χ2v) is 5.99. The fourth-order valence-corrected chi connectivity index (χ4v) is 2.83. The Labute approximate surface area is 124 Å². The van der Waals surface area contributed by atoms with Crippen LogP contribution in [0.15, 0.2) is 17.5 Å². The third kappa shape index (κ3) is 2.20. The first-order valence-electron chi connectivity index (χ1n) is 5.61. The van der Waals surface area contributed by atoms with Gasteiger partial charge in [0.25, 0.3) is 0 Å². The van der Waals surface area contributed by atoms with E-state index < -0.39 is 0 Å². The number of aryl methyl sites for hydroxylation is 2. The summed E-state index contributed by atoms with van der Waals surface area (Å²) in [6, 6.07) is 3.64. The number of halogens is 2.